The lowest BCUT2D eigenvalue weighted by atomic mass is 9.72. The summed E-state index contributed by atoms with van der Waals surface area (Å²) in [4.78, 5) is 27.1. The predicted octanol–water partition coefficient (Wildman–Crippen LogP) is 5.26. The molecule has 27 heavy (non-hydrogen) atoms. The van der Waals surface area contributed by atoms with Crippen LogP contribution >= 0.6 is 11.6 Å². The van der Waals surface area contributed by atoms with Crippen LogP contribution in [0.3, 0.4) is 0 Å². The Morgan fingerprint density at radius 2 is 1.74 bits per heavy atom. The van der Waals surface area contributed by atoms with Crippen molar-refractivity contribution in [2.24, 2.45) is 5.92 Å². The molecule has 0 radical (unpaired) electrons. The highest BCUT2D eigenvalue weighted by molar-refractivity contribution is 6.30. The third-order valence-electron chi connectivity index (χ3n) is 5.48. The summed E-state index contributed by atoms with van der Waals surface area (Å²) in [5, 5.41) is 0.656. The molecule has 2 amide bonds. The molecule has 1 aliphatic heterocycles. The number of carbonyl (C=O) groups excluding carboxylic acids is 2. The largest absolute Gasteiger partial charge is 0.274 e. The van der Waals surface area contributed by atoms with E-state index in [4.69, 9.17) is 11.6 Å². The fraction of sp³-hybridized carbons (Fsp3) is 0.391. The van der Waals surface area contributed by atoms with Gasteiger partial charge in [0.25, 0.3) is 5.91 Å². The van der Waals surface area contributed by atoms with Crippen molar-refractivity contribution in [3.05, 3.63) is 70.2 Å². The first-order valence-electron chi connectivity index (χ1n) is 9.25. The van der Waals surface area contributed by atoms with Gasteiger partial charge in [-0.15, -0.1) is 0 Å². The van der Waals surface area contributed by atoms with E-state index in [9.17, 15) is 9.59 Å². The first-order valence-corrected chi connectivity index (χ1v) is 9.63. The number of hydrogen-bond donors (Lipinski definition) is 0. The van der Waals surface area contributed by atoms with E-state index in [2.05, 4.69) is 20.8 Å². The third kappa shape index (κ3) is 3.66. The van der Waals surface area contributed by atoms with Gasteiger partial charge in [0.05, 0.1) is 11.5 Å². The van der Waals surface area contributed by atoms with Crippen LogP contribution in [0.15, 0.2) is 48.5 Å². The summed E-state index contributed by atoms with van der Waals surface area (Å²) in [6, 6.07) is 15.1. The summed E-state index contributed by atoms with van der Waals surface area (Å²) in [6.45, 7) is 10.3. The zero-order valence-electron chi connectivity index (χ0n) is 16.5. The number of amides is 2. The third-order valence-corrected chi connectivity index (χ3v) is 5.71. The highest BCUT2D eigenvalue weighted by Crippen LogP contribution is 2.41. The van der Waals surface area contributed by atoms with Gasteiger partial charge in [0.2, 0.25) is 5.91 Å². The Balaban J connectivity index is 1.78. The molecule has 1 fully saturated rings. The Hall–Kier alpha value is -2.13. The topological polar surface area (TPSA) is 37.4 Å². The molecule has 142 valence electrons. The number of halogens is 1. The Kier molecular flexibility index (Phi) is 4.94. The summed E-state index contributed by atoms with van der Waals surface area (Å²) in [5.41, 5.74) is 2.21. The van der Waals surface area contributed by atoms with Crippen molar-refractivity contribution in [3.8, 4) is 0 Å². The van der Waals surface area contributed by atoms with Gasteiger partial charge >= 0.3 is 0 Å². The quantitative estimate of drug-likeness (QED) is 0.535. The SMILES string of the molecule is CC(C)(C)c1ccc(C(=O)N2C(=O)C(Cc3cccc(Cl)c3)C2(C)C)cc1. The molecule has 2 aromatic carbocycles. The summed E-state index contributed by atoms with van der Waals surface area (Å²) in [5.74, 6) is -0.577. The van der Waals surface area contributed by atoms with Crippen molar-refractivity contribution in [2.45, 2.75) is 52.0 Å². The van der Waals surface area contributed by atoms with Crippen LogP contribution in [-0.4, -0.2) is 22.3 Å². The Bertz CT molecular complexity index is 878. The molecule has 0 aromatic heterocycles. The van der Waals surface area contributed by atoms with Crippen molar-refractivity contribution >= 4 is 23.4 Å². The number of β-lactam (4-membered cyclic amide) rings is 1. The van der Waals surface area contributed by atoms with Crippen LogP contribution in [0.1, 0.15) is 56.1 Å². The summed E-state index contributed by atoms with van der Waals surface area (Å²) < 4.78 is 0. The van der Waals surface area contributed by atoms with Crippen LogP contribution in [0.2, 0.25) is 5.02 Å². The van der Waals surface area contributed by atoms with E-state index in [1.165, 1.54) is 4.90 Å². The molecule has 0 saturated carbocycles. The lowest BCUT2D eigenvalue weighted by Gasteiger charge is -2.52. The molecule has 1 heterocycles. The van der Waals surface area contributed by atoms with Crippen molar-refractivity contribution < 1.29 is 9.59 Å². The fourth-order valence-corrected chi connectivity index (χ4v) is 3.89. The molecule has 0 spiro atoms. The molecule has 0 N–H and O–H groups in total. The number of benzene rings is 2. The Morgan fingerprint density at radius 3 is 2.26 bits per heavy atom. The molecule has 1 saturated heterocycles. The van der Waals surface area contributed by atoms with E-state index in [0.29, 0.717) is 17.0 Å². The first kappa shape index (κ1) is 19.6. The molecule has 4 heteroatoms. The van der Waals surface area contributed by atoms with Crippen LogP contribution in [0.25, 0.3) is 0 Å². The van der Waals surface area contributed by atoms with Gasteiger partial charge in [-0.3, -0.25) is 14.5 Å². The van der Waals surface area contributed by atoms with Gasteiger partial charge in [-0.25, -0.2) is 0 Å². The fourth-order valence-electron chi connectivity index (χ4n) is 3.67. The highest BCUT2D eigenvalue weighted by atomic mass is 35.5. The van der Waals surface area contributed by atoms with Crippen molar-refractivity contribution in [2.75, 3.05) is 0 Å². The Morgan fingerprint density at radius 1 is 1.11 bits per heavy atom. The molecule has 3 rings (SSSR count). The van der Waals surface area contributed by atoms with Gasteiger partial charge in [-0.1, -0.05) is 56.6 Å². The molecule has 1 aliphatic rings. The summed E-state index contributed by atoms with van der Waals surface area (Å²) in [7, 11) is 0. The van der Waals surface area contributed by atoms with Crippen LogP contribution in [0.4, 0.5) is 0 Å². The normalized spacial score (nSPS) is 19.0. The van der Waals surface area contributed by atoms with E-state index in [1.54, 1.807) is 0 Å². The number of likely N-dealkylation sites (tertiary alicyclic amines) is 1. The molecule has 0 bridgehead atoms. The van der Waals surface area contributed by atoms with E-state index < -0.39 is 5.54 Å². The van der Waals surface area contributed by atoms with E-state index in [1.807, 2.05) is 62.4 Å². The second kappa shape index (κ2) is 6.79. The van der Waals surface area contributed by atoms with Crippen molar-refractivity contribution in [1.82, 2.24) is 4.90 Å². The minimum atomic E-state index is -0.529. The minimum Gasteiger partial charge on any atom is -0.274 e. The first-order chi connectivity index (χ1) is 12.5. The average molecular weight is 384 g/mol. The van der Waals surface area contributed by atoms with Crippen LogP contribution < -0.4 is 0 Å². The maximum absolute atomic E-state index is 13.0. The van der Waals surface area contributed by atoms with Gasteiger partial charge < -0.3 is 0 Å². The lowest BCUT2D eigenvalue weighted by Crippen LogP contribution is -2.70. The average Bonchev–Trinajstić information content (AvgIpc) is 2.59. The van der Waals surface area contributed by atoms with Gasteiger partial charge in [0.1, 0.15) is 0 Å². The zero-order valence-corrected chi connectivity index (χ0v) is 17.3. The standard InChI is InChI=1S/C23H26ClNO2/c1-22(2,3)17-11-9-16(10-12-17)20(26)25-21(27)19(23(25,4)5)14-15-7-6-8-18(24)13-15/h6-13,19H,14H2,1-5H3. The predicted molar refractivity (Wildman–Crippen MR) is 109 cm³/mol. The van der Waals surface area contributed by atoms with Crippen LogP contribution in [0, 0.1) is 5.92 Å². The monoisotopic (exact) mass is 383 g/mol. The second-order valence-corrected chi connectivity index (χ2v) is 9.28. The van der Waals surface area contributed by atoms with Gasteiger partial charge in [0.15, 0.2) is 0 Å². The maximum Gasteiger partial charge on any atom is 0.260 e. The number of rotatable bonds is 3. The van der Waals surface area contributed by atoms with Crippen molar-refractivity contribution in [3.63, 3.8) is 0 Å². The van der Waals surface area contributed by atoms with Gasteiger partial charge in [-0.05, 0) is 61.1 Å². The molecular weight excluding hydrogens is 358 g/mol. The van der Waals surface area contributed by atoms with Crippen LogP contribution in [0.5, 0.6) is 0 Å². The minimum absolute atomic E-state index is 0.0233. The lowest BCUT2D eigenvalue weighted by molar-refractivity contribution is -0.159. The van der Waals surface area contributed by atoms with Gasteiger partial charge in [-0.2, -0.15) is 0 Å². The van der Waals surface area contributed by atoms with Crippen LogP contribution in [-0.2, 0) is 16.6 Å². The van der Waals surface area contributed by atoms with Gasteiger partial charge in [0, 0.05) is 10.6 Å². The molecule has 3 nitrogen and oxygen atoms in total. The number of nitrogens with zero attached hydrogens (tertiary/aromatic N) is 1. The van der Waals surface area contributed by atoms with E-state index in [0.717, 1.165) is 11.1 Å². The molecule has 2 aromatic rings. The smallest absolute Gasteiger partial charge is 0.260 e. The zero-order chi connectivity index (χ0) is 20.0. The number of imide groups is 1. The number of hydrogen-bond acceptors (Lipinski definition) is 2. The summed E-state index contributed by atoms with van der Waals surface area (Å²) >= 11 is 6.05. The molecule has 0 aliphatic carbocycles. The number of carbonyl (C=O) groups is 2. The highest BCUT2D eigenvalue weighted by Gasteiger charge is 2.56. The van der Waals surface area contributed by atoms with E-state index >= 15 is 0 Å². The molecule has 1 unspecified atom stereocenters. The summed E-state index contributed by atoms with van der Waals surface area (Å²) in [6.07, 6.45) is 0.582. The second-order valence-electron chi connectivity index (χ2n) is 8.85. The van der Waals surface area contributed by atoms with E-state index in [-0.39, 0.29) is 23.1 Å². The molecular formula is C23H26ClNO2. The Labute approximate surface area is 166 Å². The maximum atomic E-state index is 13.0. The van der Waals surface area contributed by atoms with Crippen molar-refractivity contribution in [1.29, 1.82) is 0 Å². The molecule has 1 atom stereocenters.